The topological polar surface area (TPSA) is 18.5 Å². The van der Waals surface area contributed by atoms with E-state index in [1.165, 1.54) is 16.7 Å². The quantitative estimate of drug-likeness (QED) is 0.467. The van der Waals surface area contributed by atoms with Crippen LogP contribution in [0.3, 0.4) is 0 Å². The third-order valence-electron chi connectivity index (χ3n) is 4.08. The van der Waals surface area contributed by atoms with Gasteiger partial charge in [0.15, 0.2) is 0 Å². The molecule has 0 heterocycles. The number of hydrogen-bond acceptors (Lipinski definition) is 2. The van der Waals surface area contributed by atoms with Gasteiger partial charge in [0.2, 0.25) is 0 Å². The minimum Gasteiger partial charge on any atom is -0.497 e. The van der Waals surface area contributed by atoms with Gasteiger partial charge in [-0.15, -0.1) is 11.6 Å². The van der Waals surface area contributed by atoms with Crippen LogP contribution in [-0.2, 0) is 0 Å². The lowest BCUT2D eigenvalue weighted by molar-refractivity contribution is 0.414. The Morgan fingerprint density at radius 1 is 0.917 bits per heavy atom. The average molecular weight is 345 g/mol. The predicted molar refractivity (Wildman–Crippen MR) is 102 cm³/mol. The SMILES string of the molecule is COc1ccc(C(C/C(C)=C/C(C)Cl)c2ccc(OC)cc2)cc1. The monoisotopic (exact) mass is 344 g/mol. The van der Waals surface area contributed by atoms with E-state index in [9.17, 15) is 0 Å². The van der Waals surface area contributed by atoms with Gasteiger partial charge in [0, 0.05) is 11.3 Å². The number of benzene rings is 2. The van der Waals surface area contributed by atoms with Gasteiger partial charge in [-0.05, 0) is 55.7 Å². The van der Waals surface area contributed by atoms with Crippen molar-refractivity contribution in [2.75, 3.05) is 14.2 Å². The molecular weight excluding hydrogens is 320 g/mol. The molecule has 0 aliphatic carbocycles. The molecule has 0 aromatic heterocycles. The van der Waals surface area contributed by atoms with Gasteiger partial charge < -0.3 is 9.47 Å². The van der Waals surface area contributed by atoms with Gasteiger partial charge in [-0.1, -0.05) is 35.9 Å². The summed E-state index contributed by atoms with van der Waals surface area (Å²) >= 11 is 6.12. The zero-order valence-corrected chi connectivity index (χ0v) is 15.5. The number of allylic oxidation sites excluding steroid dienone is 2. The first kappa shape index (κ1) is 18.4. The van der Waals surface area contributed by atoms with Crippen LogP contribution in [-0.4, -0.2) is 19.6 Å². The minimum absolute atomic E-state index is 0.0392. The first-order valence-corrected chi connectivity index (χ1v) is 8.56. The van der Waals surface area contributed by atoms with Crippen molar-refractivity contribution in [1.29, 1.82) is 0 Å². The molecule has 1 atom stereocenters. The van der Waals surface area contributed by atoms with Crippen LogP contribution in [0.15, 0.2) is 60.2 Å². The minimum atomic E-state index is 0.0392. The number of ether oxygens (including phenoxy) is 2. The van der Waals surface area contributed by atoms with Crippen molar-refractivity contribution in [2.24, 2.45) is 0 Å². The number of methoxy groups -OCH3 is 2. The summed E-state index contributed by atoms with van der Waals surface area (Å²) < 4.78 is 10.5. The van der Waals surface area contributed by atoms with Gasteiger partial charge in [0.1, 0.15) is 11.5 Å². The van der Waals surface area contributed by atoms with Crippen molar-refractivity contribution in [3.8, 4) is 11.5 Å². The molecule has 24 heavy (non-hydrogen) atoms. The van der Waals surface area contributed by atoms with Crippen LogP contribution in [0, 0.1) is 0 Å². The fraction of sp³-hybridized carbons (Fsp3) is 0.333. The van der Waals surface area contributed by atoms with E-state index in [2.05, 4.69) is 37.3 Å². The Balaban J connectivity index is 2.35. The summed E-state index contributed by atoms with van der Waals surface area (Å²) in [5, 5.41) is 0.0392. The third-order valence-corrected chi connectivity index (χ3v) is 4.20. The summed E-state index contributed by atoms with van der Waals surface area (Å²) in [6, 6.07) is 16.6. The Morgan fingerprint density at radius 2 is 1.33 bits per heavy atom. The highest BCUT2D eigenvalue weighted by Gasteiger charge is 2.15. The molecule has 0 aliphatic rings. The van der Waals surface area contributed by atoms with Crippen LogP contribution >= 0.6 is 11.6 Å². The second-order valence-corrected chi connectivity index (χ2v) is 6.68. The highest BCUT2D eigenvalue weighted by Crippen LogP contribution is 2.33. The molecule has 2 aromatic rings. The Bertz CT molecular complexity index is 610. The second kappa shape index (κ2) is 8.79. The predicted octanol–water partition coefficient (Wildman–Crippen LogP) is 5.80. The van der Waals surface area contributed by atoms with E-state index in [0.29, 0.717) is 0 Å². The number of hydrogen-bond donors (Lipinski definition) is 0. The molecule has 128 valence electrons. The molecule has 0 saturated carbocycles. The van der Waals surface area contributed by atoms with Gasteiger partial charge in [-0.3, -0.25) is 0 Å². The zero-order chi connectivity index (χ0) is 17.5. The molecule has 0 fully saturated rings. The zero-order valence-electron chi connectivity index (χ0n) is 14.8. The van der Waals surface area contributed by atoms with Crippen molar-refractivity contribution in [1.82, 2.24) is 0 Å². The van der Waals surface area contributed by atoms with Crippen molar-refractivity contribution in [3.05, 3.63) is 71.3 Å². The van der Waals surface area contributed by atoms with E-state index in [1.54, 1.807) is 14.2 Å². The third kappa shape index (κ3) is 5.04. The molecule has 2 nitrogen and oxygen atoms in total. The maximum absolute atomic E-state index is 6.12. The summed E-state index contributed by atoms with van der Waals surface area (Å²) in [5.41, 5.74) is 3.81. The molecule has 0 radical (unpaired) electrons. The number of halogens is 1. The van der Waals surface area contributed by atoms with Gasteiger partial charge in [-0.2, -0.15) is 0 Å². The van der Waals surface area contributed by atoms with Crippen molar-refractivity contribution in [3.63, 3.8) is 0 Å². The van der Waals surface area contributed by atoms with E-state index >= 15 is 0 Å². The Hall–Kier alpha value is -1.93. The van der Waals surface area contributed by atoms with Crippen molar-refractivity contribution < 1.29 is 9.47 Å². The lowest BCUT2D eigenvalue weighted by Crippen LogP contribution is -2.03. The molecule has 2 aromatic carbocycles. The highest BCUT2D eigenvalue weighted by molar-refractivity contribution is 6.21. The maximum atomic E-state index is 6.12. The lowest BCUT2D eigenvalue weighted by Gasteiger charge is -2.20. The smallest absolute Gasteiger partial charge is 0.118 e. The summed E-state index contributed by atoms with van der Waals surface area (Å²) in [7, 11) is 3.37. The largest absolute Gasteiger partial charge is 0.497 e. The van der Waals surface area contributed by atoms with Crippen LogP contribution in [0.4, 0.5) is 0 Å². The van der Waals surface area contributed by atoms with Gasteiger partial charge in [0.25, 0.3) is 0 Å². The number of alkyl halides is 1. The second-order valence-electron chi connectivity index (χ2n) is 5.99. The standard InChI is InChI=1S/C21H25ClO2/c1-15(13-16(2)22)14-21(17-5-9-19(23-3)10-6-17)18-7-11-20(24-4)12-8-18/h5-13,16,21H,14H2,1-4H3/b15-13+. The Morgan fingerprint density at radius 3 is 1.67 bits per heavy atom. The molecule has 0 aliphatic heterocycles. The summed E-state index contributed by atoms with van der Waals surface area (Å²) in [5.74, 6) is 2.01. The van der Waals surface area contributed by atoms with Crippen LogP contribution in [0.5, 0.6) is 11.5 Å². The maximum Gasteiger partial charge on any atom is 0.118 e. The average Bonchev–Trinajstić information content (AvgIpc) is 2.59. The Labute approximate surface area is 150 Å². The molecule has 0 amide bonds. The van der Waals surface area contributed by atoms with E-state index < -0.39 is 0 Å². The summed E-state index contributed by atoms with van der Waals surface area (Å²) in [6.07, 6.45) is 3.04. The lowest BCUT2D eigenvalue weighted by atomic mass is 9.86. The van der Waals surface area contributed by atoms with Crippen molar-refractivity contribution in [2.45, 2.75) is 31.6 Å². The van der Waals surface area contributed by atoms with Crippen LogP contribution in [0.2, 0.25) is 0 Å². The molecular formula is C21H25ClO2. The van der Waals surface area contributed by atoms with Gasteiger partial charge >= 0.3 is 0 Å². The summed E-state index contributed by atoms with van der Waals surface area (Å²) in [4.78, 5) is 0. The fourth-order valence-electron chi connectivity index (χ4n) is 2.88. The van der Waals surface area contributed by atoms with Crippen LogP contribution in [0.25, 0.3) is 0 Å². The molecule has 0 N–H and O–H groups in total. The summed E-state index contributed by atoms with van der Waals surface area (Å²) in [6.45, 7) is 4.12. The number of rotatable bonds is 7. The molecule has 0 spiro atoms. The first-order valence-electron chi connectivity index (χ1n) is 8.12. The van der Waals surface area contributed by atoms with Gasteiger partial charge in [-0.25, -0.2) is 0 Å². The molecule has 3 heteroatoms. The molecule has 0 bridgehead atoms. The van der Waals surface area contributed by atoms with E-state index in [-0.39, 0.29) is 11.3 Å². The van der Waals surface area contributed by atoms with Gasteiger partial charge in [0.05, 0.1) is 14.2 Å². The van der Waals surface area contributed by atoms with Crippen molar-refractivity contribution >= 4 is 11.6 Å². The van der Waals surface area contributed by atoms with E-state index in [4.69, 9.17) is 21.1 Å². The Kier molecular flexibility index (Phi) is 6.74. The van der Waals surface area contributed by atoms with E-state index in [0.717, 1.165) is 17.9 Å². The highest BCUT2D eigenvalue weighted by atomic mass is 35.5. The molecule has 1 unspecified atom stereocenters. The fourth-order valence-corrected chi connectivity index (χ4v) is 3.10. The first-order chi connectivity index (χ1) is 11.5. The molecule has 2 rings (SSSR count). The molecule has 0 saturated heterocycles. The van der Waals surface area contributed by atoms with Crippen LogP contribution < -0.4 is 9.47 Å². The van der Waals surface area contributed by atoms with Crippen LogP contribution in [0.1, 0.15) is 37.3 Å². The normalized spacial score (nSPS) is 13.0. The van der Waals surface area contributed by atoms with E-state index in [1.807, 2.05) is 31.2 Å².